The van der Waals surface area contributed by atoms with Crippen molar-refractivity contribution in [3.05, 3.63) is 42.5 Å². The Bertz CT molecular complexity index is 1010. The number of carbonyl (C=O) groups is 2. The van der Waals surface area contributed by atoms with Gasteiger partial charge < -0.3 is 25.8 Å². The molecule has 1 unspecified atom stereocenters. The minimum Gasteiger partial charge on any atom is -0.495 e. The molecule has 5 N–H and O–H groups in total. The third kappa shape index (κ3) is 6.01. The summed E-state index contributed by atoms with van der Waals surface area (Å²) in [5, 5.41) is 4.76. The lowest BCUT2D eigenvalue weighted by atomic mass is 10.2. The van der Waals surface area contributed by atoms with Crippen LogP contribution in [-0.4, -0.2) is 40.1 Å². The van der Waals surface area contributed by atoms with Gasteiger partial charge in [-0.2, -0.15) is 0 Å². The molecule has 0 saturated carbocycles. The Morgan fingerprint density at radius 3 is 2.30 bits per heavy atom. The van der Waals surface area contributed by atoms with Gasteiger partial charge in [0.2, 0.25) is 5.91 Å². The molecule has 10 nitrogen and oxygen atoms in total. The highest BCUT2D eigenvalue weighted by Gasteiger charge is 2.22. The fourth-order valence-electron chi connectivity index (χ4n) is 2.49. The van der Waals surface area contributed by atoms with Crippen LogP contribution in [0, 0.1) is 0 Å². The minimum absolute atomic E-state index is 0.0924. The van der Waals surface area contributed by atoms with E-state index in [2.05, 4.69) is 15.4 Å². The van der Waals surface area contributed by atoms with Crippen LogP contribution in [0.1, 0.15) is 13.8 Å². The fourth-order valence-corrected chi connectivity index (χ4v) is 3.74. The Hall–Kier alpha value is -3.47. The number of urea groups is 1. The van der Waals surface area contributed by atoms with Gasteiger partial charge in [-0.1, -0.05) is 0 Å². The maximum atomic E-state index is 12.9. The van der Waals surface area contributed by atoms with Crippen LogP contribution >= 0.6 is 0 Å². The van der Waals surface area contributed by atoms with Crippen LogP contribution in [0.3, 0.4) is 0 Å². The first-order valence-corrected chi connectivity index (χ1v) is 10.4. The van der Waals surface area contributed by atoms with Crippen LogP contribution < -0.4 is 30.6 Å². The van der Waals surface area contributed by atoms with E-state index in [1.165, 1.54) is 32.2 Å². The van der Waals surface area contributed by atoms with E-state index in [-0.39, 0.29) is 16.3 Å². The first-order valence-electron chi connectivity index (χ1n) is 8.96. The Balaban J connectivity index is 2.26. The second kappa shape index (κ2) is 9.83. The predicted octanol–water partition coefficient (Wildman–Crippen LogP) is 1.89. The van der Waals surface area contributed by atoms with Crippen molar-refractivity contribution in [1.29, 1.82) is 0 Å². The quantitative estimate of drug-likeness (QED) is 0.472. The summed E-state index contributed by atoms with van der Waals surface area (Å²) in [6.45, 7) is 3.78. The van der Waals surface area contributed by atoms with Crippen LogP contribution in [0.5, 0.6) is 11.5 Å². The lowest BCUT2D eigenvalue weighted by Crippen LogP contribution is -2.44. The van der Waals surface area contributed by atoms with Gasteiger partial charge in [0, 0.05) is 11.4 Å². The molecule has 3 amide bonds. The SMILES string of the molecule is CCOc1ccc(NS(=O)(=O)c2cc(NC(=O)C(C)NC(N)=O)ccc2OC)cc1. The zero-order chi connectivity index (χ0) is 22.3. The van der Waals surface area contributed by atoms with Crippen LogP contribution in [0.25, 0.3) is 0 Å². The number of nitrogens with two attached hydrogens (primary N) is 1. The van der Waals surface area contributed by atoms with E-state index in [9.17, 15) is 18.0 Å². The number of carbonyl (C=O) groups excluding carboxylic acids is 2. The van der Waals surface area contributed by atoms with Crippen LogP contribution in [0.15, 0.2) is 47.4 Å². The van der Waals surface area contributed by atoms with E-state index >= 15 is 0 Å². The Kier molecular flexibility index (Phi) is 7.48. The number of nitrogens with one attached hydrogen (secondary N) is 3. The van der Waals surface area contributed by atoms with Crippen molar-refractivity contribution < 1.29 is 27.5 Å². The molecule has 0 aliphatic rings. The summed E-state index contributed by atoms with van der Waals surface area (Å²) in [7, 11) is -2.70. The smallest absolute Gasteiger partial charge is 0.312 e. The third-order valence-corrected chi connectivity index (χ3v) is 5.29. The average molecular weight is 436 g/mol. The molecule has 2 rings (SSSR count). The third-order valence-electron chi connectivity index (χ3n) is 3.89. The summed E-state index contributed by atoms with van der Waals surface area (Å²) in [6.07, 6.45) is 0. The second-order valence-electron chi connectivity index (χ2n) is 6.15. The van der Waals surface area contributed by atoms with Crippen LogP contribution in [-0.2, 0) is 14.8 Å². The van der Waals surface area contributed by atoms with Gasteiger partial charge in [0.25, 0.3) is 10.0 Å². The van der Waals surface area contributed by atoms with Crippen molar-refractivity contribution >= 4 is 33.3 Å². The highest BCUT2D eigenvalue weighted by atomic mass is 32.2. The molecule has 2 aromatic rings. The monoisotopic (exact) mass is 436 g/mol. The zero-order valence-corrected chi connectivity index (χ0v) is 17.6. The van der Waals surface area contributed by atoms with Gasteiger partial charge in [0.05, 0.1) is 13.7 Å². The number of anilines is 2. The molecule has 2 aromatic carbocycles. The van der Waals surface area contributed by atoms with Gasteiger partial charge in [-0.3, -0.25) is 9.52 Å². The summed E-state index contributed by atoms with van der Waals surface area (Å²) >= 11 is 0. The lowest BCUT2D eigenvalue weighted by Gasteiger charge is -2.16. The standard InChI is InChI=1S/C19H24N4O6S/c1-4-29-15-8-5-13(6-9-15)23-30(26,27)17-11-14(7-10-16(17)28-3)22-18(24)12(2)21-19(20)25/h5-12,23H,4H2,1-3H3,(H,22,24)(H3,20,21,25). The first-order chi connectivity index (χ1) is 14.2. The van der Waals surface area contributed by atoms with Crippen molar-refractivity contribution in [1.82, 2.24) is 5.32 Å². The second-order valence-corrected chi connectivity index (χ2v) is 7.80. The number of primary amides is 1. The fraction of sp³-hybridized carbons (Fsp3) is 0.263. The van der Waals surface area contributed by atoms with Crippen molar-refractivity contribution in [2.45, 2.75) is 24.8 Å². The summed E-state index contributed by atoms with van der Waals surface area (Å²) in [5.41, 5.74) is 5.53. The molecular weight excluding hydrogens is 412 g/mol. The molecule has 0 aliphatic carbocycles. The molecule has 30 heavy (non-hydrogen) atoms. The topological polar surface area (TPSA) is 149 Å². The molecule has 162 valence electrons. The van der Waals surface area contributed by atoms with Gasteiger partial charge in [-0.05, 0) is 56.3 Å². The number of hydrogen-bond donors (Lipinski definition) is 4. The van der Waals surface area contributed by atoms with Gasteiger partial charge in [0.15, 0.2) is 0 Å². The van der Waals surface area contributed by atoms with Crippen molar-refractivity contribution in [2.75, 3.05) is 23.8 Å². The predicted molar refractivity (Wildman–Crippen MR) is 112 cm³/mol. The van der Waals surface area contributed by atoms with E-state index in [4.69, 9.17) is 15.2 Å². The number of hydrogen-bond acceptors (Lipinski definition) is 6. The average Bonchev–Trinajstić information content (AvgIpc) is 2.69. The summed E-state index contributed by atoms with van der Waals surface area (Å²) in [6, 6.07) is 8.80. The summed E-state index contributed by atoms with van der Waals surface area (Å²) < 4.78 is 38.8. The van der Waals surface area contributed by atoms with E-state index in [0.29, 0.717) is 18.0 Å². The zero-order valence-electron chi connectivity index (χ0n) is 16.8. The Labute approximate surface area is 174 Å². The maximum absolute atomic E-state index is 12.9. The first kappa shape index (κ1) is 22.8. The molecule has 0 heterocycles. The number of ether oxygens (including phenoxy) is 2. The number of rotatable bonds is 9. The Morgan fingerprint density at radius 1 is 1.10 bits per heavy atom. The largest absolute Gasteiger partial charge is 0.495 e. The molecule has 0 aliphatic heterocycles. The summed E-state index contributed by atoms with van der Waals surface area (Å²) in [5.74, 6) is 0.137. The number of sulfonamides is 1. The molecule has 0 radical (unpaired) electrons. The number of methoxy groups -OCH3 is 1. The molecule has 0 fully saturated rings. The molecule has 0 spiro atoms. The van der Waals surface area contributed by atoms with Crippen molar-refractivity contribution in [2.24, 2.45) is 5.73 Å². The van der Waals surface area contributed by atoms with E-state index < -0.39 is 28.0 Å². The van der Waals surface area contributed by atoms with Gasteiger partial charge in [0.1, 0.15) is 22.4 Å². The summed E-state index contributed by atoms with van der Waals surface area (Å²) in [4.78, 5) is 22.9. The van der Waals surface area contributed by atoms with Crippen LogP contribution in [0.2, 0.25) is 0 Å². The molecule has 0 saturated heterocycles. The Morgan fingerprint density at radius 2 is 1.73 bits per heavy atom. The molecule has 11 heteroatoms. The van der Waals surface area contributed by atoms with Gasteiger partial charge in [-0.15, -0.1) is 0 Å². The maximum Gasteiger partial charge on any atom is 0.312 e. The van der Waals surface area contributed by atoms with Crippen molar-refractivity contribution in [3.8, 4) is 11.5 Å². The molecule has 1 atom stereocenters. The van der Waals surface area contributed by atoms with Crippen molar-refractivity contribution in [3.63, 3.8) is 0 Å². The minimum atomic E-state index is -4.04. The molecule has 0 aromatic heterocycles. The van der Waals surface area contributed by atoms with E-state index in [1.54, 1.807) is 24.3 Å². The van der Waals surface area contributed by atoms with E-state index in [1.807, 2.05) is 6.92 Å². The number of amides is 3. The highest BCUT2D eigenvalue weighted by molar-refractivity contribution is 7.92. The van der Waals surface area contributed by atoms with E-state index in [0.717, 1.165) is 0 Å². The van der Waals surface area contributed by atoms with Gasteiger partial charge >= 0.3 is 6.03 Å². The van der Waals surface area contributed by atoms with Crippen LogP contribution in [0.4, 0.5) is 16.2 Å². The van der Waals surface area contributed by atoms with Gasteiger partial charge in [-0.25, -0.2) is 13.2 Å². The molecule has 0 bridgehead atoms. The molecular formula is C19H24N4O6S. The lowest BCUT2D eigenvalue weighted by molar-refractivity contribution is -0.117. The highest BCUT2D eigenvalue weighted by Crippen LogP contribution is 2.29. The number of benzene rings is 2. The normalized spacial score (nSPS) is 11.8.